The van der Waals surface area contributed by atoms with Crippen LogP contribution in [0.3, 0.4) is 0 Å². The van der Waals surface area contributed by atoms with Crippen molar-refractivity contribution in [1.29, 1.82) is 0 Å². The number of aliphatic hydroxyl groups excluding tert-OH is 1. The van der Waals surface area contributed by atoms with Gasteiger partial charge in [0.25, 0.3) is 0 Å². The Morgan fingerprint density at radius 3 is 2.71 bits per heavy atom. The van der Waals surface area contributed by atoms with Gasteiger partial charge >= 0.3 is 5.97 Å². The molecule has 0 radical (unpaired) electrons. The molecule has 17 heavy (non-hydrogen) atoms. The average molecular weight is 236 g/mol. The minimum Gasteiger partial charge on any atom is -0.456 e. The van der Waals surface area contributed by atoms with E-state index in [-0.39, 0.29) is 24.8 Å². The topological polar surface area (TPSA) is 55.8 Å². The summed E-state index contributed by atoms with van der Waals surface area (Å²) in [4.78, 5) is 11.7. The lowest BCUT2D eigenvalue weighted by atomic mass is 10.1. The van der Waals surface area contributed by atoms with Crippen molar-refractivity contribution in [2.75, 3.05) is 13.2 Å². The zero-order valence-electron chi connectivity index (χ0n) is 9.54. The molecule has 0 aliphatic carbocycles. The van der Waals surface area contributed by atoms with Crippen LogP contribution in [0.5, 0.6) is 0 Å². The van der Waals surface area contributed by atoms with Crippen LogP contribution >= 0.6 is 0 Å². The first kappa shape index (κ1) is 12.1. The second kappa shape index (κ2) is 5.80. The van der Waals surface area contributed by atoms with Crippen LogP contribution in [0.15, 0.2) is 30.3 Å². The van der Waals surface area contributed by atoms with Gasteiger partial charge in [-0.1, -0.05) is 18.2 Å². The molecule has 0 spiro atoms. The van der Waals surface area contributed by atoms with E-state index in [1.807, 2.05) is 6.07 Å². The van der Waals surface area contributed by atoms with Crippen molar-refractivity contribution in [3.63, 3.8) is 0 Å². The fourth-order valence-electron chi connectivity index (χ4n) is 1.81. The van der Waals surface area contributed by atoms with Crippen LogP contribution in [0.25, 0.3) is 0 Å². The maximum Gasteiger partial charge on any atom is 0.338 e. The van der Waals surface area contributed by atoms with Gasteiger partial charge in [0, 0.05) is 0 Å². The van der Waals surface area contributed by atoms with E-state index >= 15 is 0 Å². The SMILES string of the molecule is O=C(O[C@@H]1CC[C@H](CO)OC1)c1ccccc1. The van der Waals surface area contributed by atoms with Crippen LogP contribution in [0.4, 0.5) is 0 Å². The van der Waals surface area contributed by atoms with E-state index in [4.69, 9.17) is 14.6 Å². The maximum absolute atomic E-state index is 11.7. The zero-order valence-corrected chi connectivity index (χ0v) is 9.54. The number of carbonyl (C=O) groups is 1. The fourth-order valence-corrected chi connectivity index (χ4v) is 1.81. The summed E-state index contributed by atoms with van der Waals surface area (Å²) in [7, 11) is 0. The number of aliphatic hydroxyl groups is 1. The van der Waals surface area contributed by atoms with Gasteiger partial charge in [-0.3, -0.25) is 0 Å². The molecule has 1 fully saturated rings. The van der Waals surface area contributed by atoms with Crippen molar-refractivity contribution in [3.05, 3.63) is 35.9 Å². The van der Waals surface area contributed by atoms with Crippen molar-refractivity contribution in [1.82, 2.24) is 0 Å². The molecule has 1 aromatic carbocycles. The van der Waals surface area contributed by atoms with Gasteiger partial charge in [0.05, 0.1) is 24.9 Å². The van der Waals surface area contributed by atoms with Gasteiger partial charge in [0.1, 0.15) is 6.10 Å². The molecule has 0 aromatic heterocycles. The molecule has 1 aromatic rings. The van der Waals surface area contributed by atoms with Crippen LogP contribution < -0.4 is 0 Å². The molecule has 4 nitrogen and oxygen atoms in total. The molecule has 92 valence electrons. The minimum absolute atomic E-state index is 0.0271. The zero-order chi connectivity index (χ0) is 12.1. The highest BCUT2D eigenvalue weighted by molar-refractivity contribution is 5.89. The minimum atomic E-state index is -0.318. The first-order valence-electron chi connectivity index (χ1n) is 5.78. The van der Waals surface area contributed by atoms with Crippen LogP contribution in [-0.4, -0.2) is 36.5 Å². The summed E-state index contributed by atoms with van der Waals surface area (Å²) in [6.45, 7) is 0.392. The lowest BCUT2D eigenvalue weighted by molar-refractivity contribution is -0.0810. The van der Waals surface area contributed by atoms with E-state index in [1.54, 1.807) is 24.3 Å². The Hall–Kier alpha value is -1.39. The second-order valence-electron chi connectivity index (χ2n) is 4.11. The van der Waals surface area contributed by atoms with Crippen LogP contribution in [-0.2, 0) is 9.47 Å². The fraction of sp³-hybridized carbons (Fsp3) is 0.462. The Balaban J connectivity index is 1.84. The summed E-state index contributed by atoms with van der Waals surface area (Å²) in [6, 6.07) is 8.91. The molecule has 0 amide bonds. The molecule has 1 heterocycles. The van der Waals surface area contributed by atoms with Crippen molar-refractivity contribution in [3.8, 4) is 0 Å². The molecular weight excluding hydrogens is 220 g/mol. The van der Waals surface area contributed by atoms with Crippen molar-refractivity contribution < 1.29 is 19.4 Å². The molecule has 0 saturated carbocycles. The third-order valence-electron chi connectivity index (χ3n) is 2.82. The van der Waals surface area contributed by atoms with Crippen LogP contribution in [0, 0.1) is 0 Å². The predicted molar refractivity (Wildman–Crippen MR) is 61.7 cm³/mol. The highest BCUT2D eigenvalue weighted by Gasteiger charge is 2.24. The molecule has 1 saturated heterocycles. The second-order valence-corrected chi connectivity index (χ2v) is 4.11. The molecule has 1 N–H and O–H groups in total. The maximum atomic E-state index is 11.7. The monoisotopic (exact) mass is 236 g/mol. The Labute approximate surface area is 100 Å². The largest absolute Gasteiger partial charge is 0.456 e. The van der Waals surface area contributed by atoms with E-state index in [9.17, 15) is 4.79 Å². The van der Waals surface area contributed by atoms with Crippen LogP contribution in [0.2, 0.25) is 0 Å². The Bertz CT molecular complexity index is 355. The number of carbonyl (C=O) groups excluding carboxylic acids is 1. The molecule has 2 rings (SSSR count). The van der Waals surface area contributed by atoms with Gasteiger partial charge in [-0.25, -0.2) is 4.79 Å². The highest BCUT2D eigenvalue weighted by atomic mass is 16.6. The van der Waals surface area contributed by atoms with E-state index in [1.165, 1.54) is 0 Å². The predicted octanol–water partition coefficient (Wildman–Crippen LogP) is 1.38. The average Bonchev–Trinajstić information content (AvgIpc) is 2.40. The van der Waals surface area contributed by atoms with Crippen molar-refractivity contribution >= 4 is 5.97 Å². The van der Waals surface area contributed by atoms with Crippen molar-refractivity contribution in [2.24, 2.45) is 0 Å². The molecule has 0 bridgehead atoms. The molecule has 1 aliphatic heterocycles. The first-order chi connectivity index (χ1) is 8.29. The third kappa shape index (κ3) is 3.28. The summed E-state index contributed by atoms with van der Waals surface area (Å²) < 4.78 is 10.7. The molecule has 0 unspecified atom stereocenters. The van der Waals surface area contributed by atoms with Gasteiger partial charge in [0.15, 0.2) is 0 Å². The highest BCUT2D eigenvalue weighted by Crippen LogP contribution is 2.17. The summed E-state index contributed by atoms with van der Waals surface area (Å²) in [6.07, 6.45) is 1.15. The summed E-state index contributed by atoms with van der Waals surface area (Å²) >= 11 is 0. The number of rotatable bonds is 3. The van der Waals surface area contributed by atoms with E-state index in [0.29, 0.717) is 12.2 Å². The lowest BCUT2D eigenvalue weighted by Gasteiger charge is -2.27. The number of hydrogen-bond donors (Lipinski definition) is 1. The van der Waals surface area contributed by atoms with Crippen molar-refractivity contribution in [2.45, 2.75) is 25.0 Å². The molecular formula is C13H16O4. The number of ether oxygens (including phenoxy) is 2. The molecule has 2 atom stereocenters. The van der Waals surface area contributed by atoms with Gasteiger partial charge in [-0.2, -0.15) is 0 Å². The molecule has 1 aliphatic rings. The van der Waals surface area contributed by atoms with Crippen LogP contribution in [0.1, 0.15) is 23.2 Å². The third-order valence-corrected chi connectivity index (χ3v) is 2.82. The van der Waals surface area contributed by atoms with Gasteiger partial charge in [-0.05, 0) is 25.0 Å². The first-order valence-corrected chi connectivity index (χ1v) is 5.78. The number of benzene rings is 1. The number of hydrogen-bond acceptors (Lipinski definition) is 4. The summed E-state index contributed by atoms with van der Waals surface area (Å²) in [5, 5.41) is 8.90. The van der Waals surface area contributed by atoms with E-state index in [0.717, 1.165) is 12.8 Å². The Morgan fingerprint density at radius 2 is 2.12 bits per heavy atom. The quantitative estimate of drug-likeness (QED) is 0.806. The van der Waals surface area contributed by atoms with Gasteiger partial charge < -0.3 is 14.6 Å². The molecule has 4 heteroatoms. The van der Waals surface area contributed by atoms with E-state index < -0.39 is 0 Å². The van der Waals surface area contributed by atoms with Gasteiger partial charge in [0.2, 0.25) is 0 Å². The summed E-state index contributed by atoms with van der Waals surface area (Å²) in [5.74, 6) is -0.318. The van der Waals surface area contributed by atoms with Gasteiger partial charge in [-0.15, -0.1) is 0 Å². The lowest BCUT2D eigenvalue weighted by Crippen LogP contribution is -2.34. The smallest absolute Gasteiger partial charge is 0.338 e. The van der Waals surface area contributed by atoms with E-state index in [2.05, 4.69) is 0 Å². The summed E-state index contributed by atoms with van der Waals surface area (Å²) in [5.41, 5.74) is 0.553. The normalized spacial score (nSPS) is 24.3. The standard InChI is InChI=1S/C13H16O4/c14-8-11-6-7-12(9-16-11)17-13(15)10-4-2-1-3-5-10/h1-5,11-12,14H,6-9H2/t11-,12-/m1/s1. The Morgan fingerprint density at radius 1 is 1.35 bits per heavy atom. The Kier molecular flexibility index (Phi) is 4.12. The number of esters is 1.